The van der Waals surface area contributed by atoms with E-state index in [2.05, 4.69) is 32.0 Å². The lowest BCUT2D eigenvalue weighted by molar-refractivity contribution is -0.122. The van der Waals surface area contributed by atoms with Crippen molar-refractivity contribution in [2.24, 2.45) is 5.10 Å². The molecular weight excluding hydrogens is 374 g/mol. The highest BCUT2D eigenvalue weighted by molar-refractivity contribution is 5.83. The van der Waals surface area contributed by atoms with E-state index in [1.54, 1.807) is 36.4 Å². The Morgan fingerprint density at radius 1 is 1.38 bits per heavy atom. The number of carbonyl (C=O) groups excluding carboxylic acids is 1. The normalized spacial score (nSPS) is 10.6. The first-order chi connectivity index (χ1) is 14.1. The fourth-order valence-electron chi connectivity index (χ4n) is 2.42. The molecule has 0 atom stereocenters. The third-order valence-corrected chi connectivity index (χ3v) is 3.71. The lowest BCUT2D eigenvalue weighted by Crippen LogP contribution is -2.24. The molecule has 0 saturated carbocycles. The predicted molar refractivity (Wildman–Crippen MR) is 103 cm³/mol. The van der Waals surface area contributed by atoms with Gasteiger partial charge in [0.15, 0.2) is 11.5 Å². The lowest BCUT2D eigenvalue weighted by Gasteiger charge is -2.06. The first kappa shape index (κ1) is 19.5. The summed E-state index contributed by atoms with van der Waals surface area (Å²) < 4.78 is 5.29. The molecule has 0 radical (unpaired) electrons. The van der Waals surface area contributed by atoms with Crippen LogP contribution in [0.4, 0.5) is 0 Å². The van der Waals surface area contributed by atoms with Gasteiger partial charge in [-0.15, -0.1) is 10.2 Å². The van der Waals surface area contributed by atoms with Crippen LogP contribution >= 0.6 is 0 Å². The van der Waals surface area contributed by atoms with Crippen LogP contribution < -0.4 is 10.2 Å². The standard InChI is InChI=1S/C19H17N7O3/c1-2-29-17-9-13(7-8-16(17)27)11-21-22-18(28)12-26-24-19(23-25-26)15-6-4-3-5-14(15)10-20/h3-9,11,27H,2,12H2,1H3,(H,22,28)/b21-11-. The van der Waals surface area contributed by atoms with Crippen molar-refractivity contribution in [3.8, 4) is 29.0 Å². The number of phenols is 1. The molecule has 3 aromatic rings. The quantitative estimate of drug-likeness (QED) is 0.459. The molecule has 0 unspecified atom stereocenters. The summed E-state index contributed by atoms with van der Waals surface area (Å²) in [6.07, 6.45) is 1.42. The summed E-state index contributed by atoms with van der Waals surface area (Å²) in [6.45, 7) is 2.03. The van der Waals surface area contributed by atoms with Crippen LogP contribution in [-0.2, 0) is 11.3 Å². The molecule has 0 fully saturated rings. The van der Waals surface area contributed by atoms with Crippen LogP contribution in [0.25, 0.3) is 11.4 Å². The molecule has 1 heterocycles. The molecule has 0 aliphatic carbocycles. The van der Waals surface area contributed by atoms with Gasteiger partial charge in [-0.05, 0) is 48.0 Å². The molecule has 1 aromatic heterocycles. The Morgan fingerprint density at radius 2 is 2.21 bits per heavy atom. The molecule has 146 valence electrons. The number of aromatic nitrogens is 4. The minimum atomic E-state index is -0.456. The number of hydrogen-bond donors (Lipinski definition) is 2. The second-order valence-electron chi connectivity index (χ2n) is 5.75. The number of hydrogen-bond acceptors (Lipinski definition) is 8. The topological polar surface area (TPSA) is 138 Å². The maximum Gasteiger partial charge on any atom is 0.263 e. The Bertz CT molecular complexity index is 1090. The highest BCUT2D eigenvalue weighted by Gasteiger charge is 2.12. The largest absolute Gasteiger partial charge is 0.504 e. The van der Waals surface area contributed by atoms with Gasteiger partial charge in [0.2, 0.25) is 5.82 Å². The molecule has 0 spiro atoms. The summed E-state index contributed by atoms with van der Waals surface area (Å²) in [5.41, 5.74) is 3.96. The van der Waals surface area contributed by atoms with Gasteiger partial charge in [0.05, 0.1) is 24.5 Å². The van der Waals surface area contributed by atoms with E-state index in [-0.39, 0.29) is 18.1 Å². The Balaban J connectivity index is 1.61. The van der Waals surface area contributed by atoms with E-state index in [1.807, 2.05) is 6.92 Å². The lowest BCUT2D eigenvalue weighted by atomic mass is 10.1. The zero-order chi connectivity index (χ0) is 20.6. The van der Waals surface area contributed by atoms with E-state index < -0.39 is 5.91 Å². The highest BCUT2D eigenvalue weighted by atomic mass is 16.5. The second kappa shape index (κ2) is 9.09. The average Bonchev–Trinajstić information content (AvgIpc) is 3.18. The number of ether oxygens (including phenoxy) is 1. The van der Waals surface area contributed by atoms with Crippen molar-refractivity contribution in [1.82, 2.24) is 25.6 Å². The maximum absolute atomic E-state index is 12.0. The van der Waals surface area contributed by atoms with Crippen LogP contribution in [0.15, 0.2) is 47.6 Å². The molecule has 0 aliphatic rings. The van der Waals surface area contributed by atoms with Gasteiger partial charge in [0.1, 0.15) is 6.54 Å². The van der Waals surface area contributed by atoms with Gasteiger partial charge in [-0.25, -0.2) is 5.43 Å². The van der Waals surface area contributed by atoms with Gasteiger partial charge in [-0.1, -0.05) is 12.1 Å². The number of benzene rings is 2. The van der Waals surface area contributed by atoms with Crippen LogP contribution in [-0.4, -0.2) is 44.0 Å². The van der Waals surface area contributed by atoms with Gasteiger partial charge in [0, 0.05) is 5.56 Å². The SMILES string of the molecule is CCOc1cc(/C=N\NC(=O)Cn2nnc(-c3ccccc3C#N)n2)ccc1O. The molecule has 10 heteroatoms. The number of hydrazone groups is 1. The van der Waals surface area contributed by atoms with Gasteiger partial charge >= 0.3 is 0 Å². The molecule has 2 N–H and O–H groups in total. The Labute approximate surface area is 166 Å². The van der Waals surface area contributed by atoms with E-state index in [1.165, 1.54) is 12.3 Å². The summed E-state index contributed by atoms with van der Waals surface area (Å²) in [5.74, 6) is 0.160. The molecule has 0 saturated heterocycles. The van der Waals surface area contributed by atoms with E-state index in [0.29, 0.717) is 29.0 Å². The predicted octanol–water partition coefficient (Wildman–Crippen LogP) is 1.47. The molecule has 2 aromatic carbocycles. The minimum absolute atomic E-state index is 0.0269. The fourth-order valence-corrected chi connectivity index (χ4v) is 2.42. The number of nitriles is 1. The number of tetrazole rings is 1. The first-order valence-electron chi connectivity index (χ1n) is 8.65. The summed E-state index contributed by atoms with van der Waals surface area (Å²) in [5, 5.41) is 34.5. The van der Waals surface area contributed by atoms with E-state index in [9.17, 15) is 9.90 Å². The van der Waals surface area contributed by atoms with Crippen molar-refractivity contribution in [3.05, 3.63) is 53.6 Å². The van der Waals surface area contributed by atoms with E-state index in [4.69, 9.17) is 10.00 Å². The average molecular weight is 391 g/mol. The molecule has 1 amide bonds. The smallest absolute Gasteiger partial charge is 0.263 e. The van der Waals surface area contributed by atoms with Crippen LogP contribution in [0.1, 0.15) is 18.1 Å². The Hall–Kier alpha value is -4.26. The van der Waals surface area contributed by atoms with E-state index >= 15 is 0 Å². The molecule has 10 nitrogen and oxygen atoms in total. The summed E-state index contributed by atoms with van der Waals surface area (Å²) in [6, 6.07) is 13.6. The van der Waals surface area contributed by atoms with Crippen LogP contribution in [0, 0.1) is 11.3 Å². The molecule has 0 aliphatic heterocycles. The van der Waals surface area contributed by atoms with Crippen LogP contribution in [0.2, 0.25) is 0 Å². The summed E-state index contributed by atoms with van der Waals surface area (Å²) >= 11 is 0. The first-order valence-corrected chi connectivity index (χ1v) is 8.65. The summed E-state index contributed by atoms with van der Waals surface area (Å²) in [4.78, 5) is 13.1. The molecular formula is C19H17N7O3. The molecule has 0 bridgehead atoms. The van der Waals surface area contributed by atoms with Gasteiger partial charge in [0.25, 0.3) is 5.91 Å². The monoisotopic (exact) mass is 391 g/mol. The third-order valence-electron chi connectivity index (χ3n) is 3.71. The third kappa shape index (κ3) is 4.92. The molecule has 29 heavy (non-hydrogen) atoms. The zero-order valence-corrected chi connectivity index (χ0v) is 15.5. The Morgan fingerprint density at radius 3 is 3.00 bits per heavy atom. The zero-order valence-electron chi connectivity index (χ0n) is 15.5. The van der Waals surface area contributed by atoms with E-state index in [0.717, 1.165) is 4.80 Å². The van der Waals surface area contributed by atoms with Gasteiger partial charge in [-0.2, -0.15) is 15.2 Å². The second-order valence-corrected chi connectivity index (χ2v) is 5.75. The Kier molecular flexibility index (Phi) is 6.12. The number of nitrogens with one attached hydrogen (secondary N) is 1. The number of phenolic OH excluding ortho intramolecular Hbond substituents is 1. The fraction of sp³-hybridized carbons (Fsp3) is 0.158. The highest BCUT2D eigenvalue weighted by Crippen LogP contribution is 2.26. The van der Waals surface area contributed by atoms with Crippen LogP contribution in [0.3, 0.4) is 0 Å². The van der Waals surface area contributed by atoms with Crippen molar-refractivity contribution in [2.75, 3.05) is 6.61 Å². The number of amides is 1. The van der Waals surface area contributed by atoms with Crippen molar-refractivity contribution in [2.45, 2.75) is 13.5 Å². The molecule has 3 rings (SSSR count). The van der Waals surface area contributed by atoms with Gasteiger partial charge < -0.3 is 9.84 Å². The summed E-state index contributed by atoms with van der Waals surface area (Å²) in [7, 11) is 0. The maximum atomic E-state index is 12.0. The van der Waals surface area contributed by atoms with Crippen LogP contribution in [0.5, 0.6) is 11.5 Å². The number of aromatic hydroxyl groups is 1. The number of rotatable bonds is 7. The van der Waals surface area contributed by atoms with Gasteiger partial charge in [-0.3, -0.25) is 4.79 Å². The van der Waals surface area contributed by atoms with Crippen molar-refractivity contribution in [3.63, 3.8) is 0 Å². The number of carbonyl (C=O) groups is 1. The van der Waals surface area contributed by atoms with Crippen molar-refractivity contribution >= 4 is 12.1 Å². The number of nitrogens with zero attached hydrogens (tertiary/aromatic N) is 6. The van der Waals surface area contributed by atoms with Crippen molar-refractivity contribution < 1.29 is 14.6 Å². The minimum Gasteiger partial charge on any atom is -0.504 e. The van der Waals surface area contributed by atoms with Crippen molar-refractivity contribution in [1.29, 1.82) is 5.26 Å².